The molecular formula is C20H25ClN6O2. The van der Waals surface area contributed by atoms with Crippen molar-refractivity contribution < 1.29 is 4.92 Å². The molecule has 154 valence electrons. The third-order valence-electron chi connectivity index (χ3n) is 5.72. The number of anilines is 3. The molecule has 29 heavy (non-hydrogen) atoms. The van der Waals surface area contributed by atoms with E-state index < -0.39 is 4.92 Å². The minimum atomic E-state index is -0.405. The second-order valence-electron chi connectivity index (χ2n) is 7.61. The van der Waals surface area contributed by atoms with Gasteiger partial charge in [0.15, 0.2) is 0 Å². The summed E-state index contributed by atoms with van der Waals surface area (Å²) in [6.07, 6.45) is 7.17. The number of rotatable bonds is 5. The molecule has 4 rings (SSSR count). The Bertz CT molecular complexity index is 849. The molecule has 0 spiro atoms. The number of aromatic nitrogens is 2. The quantitative estimate of drug-likeness (QED) is 0.576. The smallest absolute Gasteiger partial charge is 0.329 e. The first-order valence-electron chi connectivity index (χ1n) is 10.1. The van der Waals surface area contributed by atoms with Crippen molar-refractivity contribution in [1.29, 1.82) is 0 Å². The van der Waals surface area contributed by atoms with Crippen molar-refractivity contribution in [3.8, 4) is 0 Å². The van der Waals surface area contributed by atoms with Crippen LogP contribution in [0, 0.1) is 10.1 Å². The van der Waals surface area contributed by atoms with E-state index in [0.717, 1.165) is 31.6 Å². The Morgan fingerprint density at radius 2 is 1.76 bits per heavy atom. The van der Waals surface area contributed by atoms with Crippen LogP contribution in [0.4, 0.5) is 23.1 Å². The number of likely N-dealkylation sites (tertiary alicyclic amines) is 1. The standard InChI is InChI=1S/C20H25ClN6O2/c21-15-4-6-16(7-5-15)23-20-22-14-18(27(28)29)19(24-20)26-12-8-17(9-13-26)25-10-2-1-3-11-25/h4-7,14,17H,1-3,8-13H2,(H,22,23,24). The van der Waals surface area contributed by atoms with Crippen LogP contribution < -0.4 is 10.2 Å². The molecule has 0 unspecified atom stereocenters. The molecule has 0 bridgehead atoms. The van der Waals surface area contributed by atoms with Gasteiger partial charge in [-0.25, -0.2) is 4.98 Å². The monoisotopic (exact) mass is 416 g/mol. The Kier molecular flexibility index (Phi) is 6.10. The molecule has 0 atom stereocenters. The average molecular weight is 417 g/mol. The van der Waals surface area contributed by atoms with Gasteiger partial charge in [0.05, 0.1) is 4.92 Å². The van der Waals surface area contributed by atoms with E-state index in [-0.39, 0.29) is 5.69 Å². The van der Waals surface area contributed by atoms with Gasteiger partial charge in [-0.1, -0.05) is 18.0 Å². The number of hydrogen-bond donors (Lipinski definition) is 1. The van der Waals surface area contributed by atoms with Gasteiger partial charge in [-0.15, -0.1) is 0 Å². The van der Waals surface area contributed by atoms with Gasteiger partial charge in [-0.05, 0) is 63.0 Å². The van der Waals surface area contributed by atoms with E-state index in [4.69, 9.17) is 11.6 Å². The Hall–Kier alpha value is -2.45. The number of nitrogens with one attached hydrogen (secondary N) is 1. The Morgan fingerprint density at radius 3 is 2.41 bits per heavy atom. The van der Waals surface area contributed by atoms with Gasteiger partial charge in [0.25, 0.3) is 0 Å². The van der Waals surface area contributed by atoms with E-state index in [1.807, 2.05) is 17.0 Å². The molecule has 2 aromatic rings. The summed E-state index contributed by atoms with van der Waals surface area (Å²) in [5.74, 6) is 0.727. The van der Waals surface area contributed by atoms with Crippen LogP contribution in [0.3, 0.4) is 0 Å². The summed E-state index contributed by atoms with van der Waals surface area (Å²) < 4.78 is 0. The van der Waals surface area contributed by atoms with E-state index in [2.05, 4.69) is 20.2 Å². The van der Waals surface area contributed by atoms with Crippen molar-refractivity contribution in [2.24, 2.45) is 0 Å². The highest BCUT2D eigenvalue weighted by Gasteiger charge is 2.30. The fraction of sp³-hybridized carbons (Fsp3) is 0.500. The van der Waals surface area contributed by atoms with Crippen molar-refractivity contribution in [2.75, 3.05) is 36.4 Å². The zero-order chi connectivity index (χ0) is 20.2. The maximum absolute atomic E-state index is 11.5. The number of halogens is 1. The average Bonchev–Trinajstić information content (AvgIpc) is 2.76. The van der Waals surface area contributed by atoms with Gasteiger partial charge in [-0.2, -0.15) is 4.98 Å². The second-order valence-corrected chi connectivity index (χ2v) is 8.04. The van der Waals surface area contributed by atoms with Crippen molar-refractivity contribution >= 4 is 34.7 Å². The maximum Gasteiger partial charge on any atom is 0.329 e. The number of nitrogens with zero attached hydrogens (tertiary/aromatic N) is 5. The largest absolute Gasteiger partial charge is 0.351 e. The summed E-state index contributed by atoms with van der Waals surface area (Å²) in [6.45, 7) is 3.87. The number of nitro groups is 1. The third kappa shape index (κ3) is 4.76. The molecule has 1 aromatic heterocycles. The minimum Gasteiger partial charge on any atom is -0.351 e. The summed E-state index contributed by atoms with van der Waals surface area (Å²) in [5.41, 5.74) is 0.723. The van der Waals surface area contributed by atoms with Crippen LogP contribution in [0.25, 0.3) is 0 Å². The van der Waals surface area contributed by atoms with Crippen LogP contribution in [0.1, 0.15) is 32.1 Å². The van der Waals surface area contributed by atoms with Crippen molar-refractivity contribution in [3.63, 3.8) is 0 Å². The molecule has 0 saturated carbocycles. The van der Waals surface area contributed by atoms with Gasteiger partial charge in [0.1, 0.15) is 6.20 Å². The lowest BCUT2D eigenvalue weighted by atomic mass is 10.00. The summed E-state index contributed by atoms with van der Waals surface area (Å²) in [5, 5.41) is 15.3. The van der Waals surface area contributed by atoms with Crippen LogP contribution >= 0.6 is 11.6 Å². The first-order chi connectivity index (χ1) is 14.1. The molecule has 0 aliphatic carbocycles. The third-order valence-corrected chi connectivity index (χ3v) is 5.97. The highest BCUT2D eigenvalue weighted by atomic mass is 35.5. The summed E-state index contributed by atoms with van der Waals surface area (Å²) in [6, 6.07) is 7.73. The molecule has 8 nitrogen and oxygen atoms in total. The number of piperidine rings is 2. The molecule has 3 heterocycles. The van der Waals surface area contributed by atoms with Crippen LogP contribution in [-0.4, -0.2) is 52.0 Å². The van der Waals surface area contributed by atoms with Crippen molar-refractivity contribution in [1.82, 2.24) is 14.9 Å². The SMILES string of the molecule is O=[N+]([O-])c1cnc(Nc2ccc(Cl)cc2)nc1N1CCC(N2CCCCC2)CC1. The highest BCUT2D eigenvalue weighted by molar-refractivity contribution is 6.30. The maximum atomic E-state index is 11.5. The molecule has 9 heteroatoms. The normalized spacial score (nSPS) is 18.6. The fourth-order valence-corrected chi connectivity index (χ4v) is 4.30. The number of benzene rings is 1. The van der Waals surface area contributed by atoms with Crippen molar-refractivity contribution in [2.45, 2.75) is 38.1 Å². The van der Waals surface area contributed by atoms with E-state index in [0.29, 0.717) is 22.8 Å². The lowest BCUT2D eigenvalue weighted by Gasteiger charge is -2.40. The molecule has 0 amide bonds. The van der Waals surface area contributed by atoms with Gasteiger partial charge < -0.3 is 15.1 Å². The van der Waals surface area contributed by atoms with Gasteiger partial charge in [-0.3, -0.25) is 10.1 Å². The number of hydrogen-bond acceptors (Lipinski definition) is 7. The molecule has 2 fully saturated rings. The molecule has 2 aliphatic heterocycles. The first-order valence-corrected chi connectivity index (χ1v) is 10.5. The fourth-order valence-electron chi connectivity index (χ4n) is 4.18. The first kappa shape index (κ1) is 19.8. The van der Waals surface area contributed by atoms with E-state index >= 15 is 0 Å². The minimum absolute atomic E-state index is 0.0527. The zero-order valence-electron chi connectivity index (χ0n) is 16.3. The molecule has 2 saturated heterocycles. The highest BCUT2D eigenvalue weighted by Crippen LogP contribution is 2.31. The van der Waals surface area contributed by atoms with Gasteiger partial charge in [0.2, 0.25) is 11.8 Å². The van der Waals surface area contributed by atoms with Crippen LogP contribution in [0.2, 0.25) is 5.02 Å². The van der Waals surface area contributed by atoms with E-state index in [1.165, 1.54) is 38.5 Å². The predicted molar refractivity (Wildman–Crippen MR) is 114 cm³/mol. The Labute approximate surface area is 175 Å². The second kappa shape index (κ2) is 8.92. The molecule has 1 N–H and O–H groups in total. The van der Waals surface area contributed by atoms with Crippen molar-refractivity contribution in [3.05, 3.63) is 45.6 Å². The van der Waals surface area contributed by atoms with E-state index in [9.17, 15) is 10.1 Å². The van der Waals surface area contributed by atoms with Gasteiger partial charge in [0, 0.05) is 29.8 Å². The van der Waals surface area contributed by atoms with E-state index in [1.54, 1.807) is 12.1 Å². The summed E-state index contributed by atoms with van der Waals surface area (Å²) >= 11 is 5.92. The lowest BCUT2D eigenvalue weighted by Crippen LogP contribution is -2.47. The summed E-state index contributed by atoms with van der Waals surface area (Å²) in [7, 11) is 0. The van der Waals surface area contributed by atoms with Gasteiger partial charge >= 0.3 is 5.69 Å². The van der Waals surface area contributed by atoms with Crippen LogP contribution in [-0.2, 0) is 0 Å². The zero-order valence-corrected chi connectivity index (χ0v) is 17.0. The lowest BCUT2D eigenvalue weighted by molar-refractivity contribution is -0.384. The Morgan fingerprint density at radius 1 is 1.07 bits per heavy atom. The molecule has 2 aliphatic rings. The molecular weight excluding hydrogens is 392 g/mol. The molecule has 1 aromatic carbocycles. The topological polar surface area (TPSA) is 87.4 Å². The van der Waals surface area contributed by atoms with Crippen LogP contribution in [0.15, 0.2) is 30.5 Å². The Balaban J connectivity index is 1.49. The summed E-state index contributed by atoms with van der Waals surface area (Å²) in [4.78, 5) is 24.4. The predicted octanol–water partition coefficient (Wildman–Crippen LogP) is 4.24. The van der Waals surface area contributed by atoms with Crippen LogP contribution in [0.5, 0.6) is 0 Å². The molecule has 0 radical (unpaired) electrons.